The van der Waals surface area contributed by atoms with Gasteiger partial charge in [0.1, 0.15) is 18.2 Å². The summed E-state index contributed by atoms with van der Waals surface area (Å²) in [7, 11) is 0. The van der Waals surface area contributed by atoms with E-state index in [1.165, 1.54) is 5.56 Å². The molecule has 2 aliphatic rings. The number of carbonyl (C=O) groups is 1. The number of nitrogens with zero attached hydrogens (tertiary/aromatic N) is 2. The van der Waals surface area contributed by atoms with Gasteiger partial charge in [-0.3, -0.25) is 4.79 Å². The van der Waals surface area contributed by atoms with Crippen molar-refractivity contribution in [3.63, 3.8) is 0 Å². The first-order chi connectivity index (χ1) is 12.3. The Balaban J connectivity index is 1.42. The molecule has 0 radical (unpaired) electrons. The molecule has 2 aromatic rings. The Hall–Kier alpha value is -2.60. The monoisotopic (exact) mass is 339 g/mol. The van der Waals surface area contributed by atoms with Crippen LogP contribution in [0.2, 0.25) is 0 Å². The van der Waals surface area contributed by atoms with Crippen molar-refractivity contribution in [2.75, 3.05) is 38.2 Å². The maximum Gasteiger partial charge on any atom is 0.254 e. The Bertz CT molecular complexity index is 772. The van der Waals surface area contributed by atoms with Crippen molar-refractivity contribution in [2.45, 2.75) is 13.0 Å². The molecule has 0 bridgehead atoms. The summed E-state index contributed by atoms with van der Waals surface area (Å²) in [5.74, 6) is 1.65. The molecule has 4 rings (SSSR count). The molecule has 1 fully saturated rings. The van der Waals surface area contributed by atoms with E-state index in [1.807, 2.05) is 29.2 Å². The number of hydrogen-bond donors (Lipinski definition) is 1. The van der Waals surface area contributed by atoms with Crippen LogP contribution in [0.25, 0.3) is 0 Å². The first-order valence-corrected chi connectivity index (χ1v) is 8.62. The summed E-state index contributed by atoms with van der Waals surface area (Å²) in [6, 6.07) is 11.4. The SMILES string of the molecule is O=C(c1cccc(OCc2ccc3c(n2)NCC3)c1)N1CCOCC1. The number of nitrogens with one attached hydrogen (secondary N) is 1. The summed E-state index contributed by atoms with van der Waals surface area (Å²) >= 11 is 0. The summed E-state index contributed by atoms with van der Waals surface area (Å²) in [5, 5.41) is 3.27. The van der Waals surface area contributed by atoms with Crippen LogP contribution in [0.5, 0.6) is 5.75 Å². The van der Waals surface area contributed by atoms with Crippen LogP contribution in [0.1, 0.15) is 21.6 Å². The molecule has 1 N–H and O–H groups in total. The fourth-order valence-electron chi connectivity index (χ4n) is 3.10. The minimum atomic E-state index is 0.0219. The molecule has 0 spiro atoms. The number of fused-ring (bicyclic) bond motifs is 1. The molecule has 6 heteroatoms. The number of pyridine rings is 1. The van der Waals surface area contributed by atoms with Crippen LogP contribution < -0.4 is 10.1 Å². The molecule has 0 saturated carbocycles. The number of ether oxygens (including phenoxy) is 2. The van der Waals surface area contributed by atoms with Gasteiger partial charge in [-0.2, -0.15) is 0 Å². The van der Waals surface area contributed by atoms with Crippen molar-refractivity contribution >= 4 is 11.7 Å². The highest BCUT2D eigenvalue weighted by atomic mass is 16.5. The van der Waals surface area contributed by atoms with E-state index in [4.69, 9.17) is 9.47 Å². The third-order valence-electron chi connectivity index (χ3n) is 4.49. The van der Waals surface area contributed by atoms with Crippen molar-refractivity contribution in [2.24, 2.45) is 0 Å². The number of carbonyl (C=O) groups excluding carboxylic acids is 1. The van der Waals surface area contributed by atoms with E-state index >= 15 is 0 Å². The second-order valence-corrected chi connectivity index (χ2v) is 6.21. The number of rotatable bonds is 4. The van der Waals surface area contributed by atoms with Crippen molar-refractivity contribution in [1.82, 2.24) is 9.88 Å². The summed E-state index contributed by atoms with van der Waals surface area (Å²) < 4.78 is 11.1. The van der Waals surface area contributed by atoms with E-state index in [2.05, 4.69) is 16.4 Å². The maximum absolute atomic E-state index is 12.5. The first-order valence-electron chi connectivity index (χ1n) is 8.62. The molecule has 1 amide bonds. The van der Waals surface area contributed by atoms with Crippen molar-refractivity contribution in [3.05, 3.63) is 53.2 Å². The smallest absolute Gasteiger partial charge is 0.254 e. The van der Waals surface area contributed by atoms with Crippen molar-refractivity contribution in [3.8, 4) is 5.75 Å². The second-order valence-electron chi connectivity index (χ2n) is 6.21. The lowest BCUT2D eigenvalue weighted by atomic mass is 10.2. The van der Waals surface area contributed by atoms with Crippen LogP contribution in [0.3, 0.4) is 0 Å². The zero-order valence-corrected chi connectivity index (χ0v) is 14.0. The summed E-state index contributed by atoms with van der Waals surface area (Å²) in [5.41, 5.74) is 2.77. The lowest BCUT2D eigenvalue weighted by Crippen LogP contribution is -2.40. The highest BCUT2D eigenvalue weighted by Gasteiger charge is 2.19. The molecular weight excluding hydrogens is 318 g/mol. The van der Waals surface area contributed by atoms with Gasteiger partial charge in [0.05, 0.1) is 18.9 Å². The van der Waals surface area contributed by atoms with Crippen molar-refractivity contribution in [1.29, 1.82) is 0 Å². The quantitative estimate of drug-likeness (QED) is 0.924. The summed E-state index contributed by atoms with van der Waals surface area (Å²) in [6.45, 7) is 3.79. The Morgan fingerprint density at radius 2 is 2.12 bits per heavy atom. The first kappa shape index (κ1) is 15.9. The Labute approximate surface area is 146 Å². The van der Waals surface area contributed by atoms with E-state index < -0.39 is 0 Å². The molecule has 1 aromatic carbocycles. The van der Waals surface area contributed by atoms with Crippen LogP contribution in [0, 0.1) is 0 Å². The van der Waals surface area contributed by atoms with Gasteiger partial charge in [-0.15, -0.1) is 0 Å². The van der Waals surface area contributed by atoms with Gasteiger partial charge >= 0.3 is 0 Å². The normalized spacial score (nSPS) is 16.2. The number of anilines is 1. The minimum absolute atomic E-state index is 0.0219. The predicted molar refractivity (Wildman–Crippen MR) is 93.9 cm³/mol. The summed E-state index contributed by atoms with van der Waals surface area (Å²) in [4.78, 5) is 18.9. The standard InChI is InChI=1S/C19H21N3O3/c23-19(22-8-10-24-11-9-22)15-2-1-3-17(12-15)25-13-16-5-4-14-6-7-20-18(14)21-16/h1-5,12H,6-11,13H2,(H,20,21). The number of benzene rings is 1. The van der Waals surface area contributed by atoms with Crippen LogP contribution in [-0.2, 0) is 17.8 Å². The Kier molecular flexibility index (Phi) is 4.52. The van der Waals surface area contributed by atoms with E-state index in [-0.39, 0.29) is 5.91 Å². The highest BCUT2D eigenvalue weighted by Crippen LogP contribution is 2.21. The van der Waals surface area contributed by atoms with E-state index in [1.54, 1.807) is 6.07 Å². The zero-order valence-electron chi connectivity index (χ0n) is 14.0. The van der Waals surface area contributed by atoms with Gasteiger partial charge in [0.15, 0.2) is 0 Å². The van der Waals surface area contributed by atoms with Crippen LogP contribution >= 0.6 is 0 Å². The molecule has 2 aliphatic heterocycles. The number of hydrogen-bond acceptors (Lipinski definition) is 5. The average Bonchev–Trinajstić information content (AvgIpc) is 3.14. The largest absolute Gasteiger partial charge is 0.487 e. The molecule has 25 heavy (non-hydrogen) atoms. The zero-order chi connectivity index (χ0) is 17.1. The van der Waals surface area contributed by atoms with Gasteiger partial charge in [-0.25, -0.2) is 4.98 Å². The van der Waals surface area contributed by atoms with E-state index in [0.29, 0.717) is 44.2 Å². The molecule has 6 nitrogen and oxygen atoms in total. The van der Waals surface area contributed by atoms with Gasteiger partial charge in [-0.05, 0) is 36.2 Å². The Morgan fingerprint density at radius 3 is 3.00 bits per heavy atom. The summed E-state index contributed by atoms with van der Waals surface area (Å²) in [6.07, 6.45) is 1.02. The van der Waals surface area contributed by atoms with Gasteiger partial charge in [0.25, 0.3) is 5.91 Å². The average molecular weight is 339 g/mol. The van der Waals surface area contributed by atoms with E-state index in [0.717, 1.165) is 24.5 Å². The number of morpholine rings is 1. The number of aromatic nitrogens is 1. The van der Waals surface area contributed by atoms with Gasteiger partial charge in [-0.1, -0.05) is 12.1 Å². The topological polar surface area (TPSA) is 63.7 Å². The lowest BCUT2D eigenvalue weighted by molar-refractivity contribution is 0.0302. The van der Waals surface area contributed by atoms with Crippen LogP contribution in [0.4, 0.5) is 5.82 Å². The highest BCUT2D eigenvalue weighted by molar-refractivity contribution is 5.94. The van der Waals surface area contributed by atoms with Gasteiger partial charge in [0, 0.05) is 25.2 Å². The molecule has 0 unspecified atom stereocenters. The van der Waals surface area contributed by atoms with Crippen LogP contribution in [-0.4, -0.2) is 48.6 Å². The molecule has 1 aromatic heterocycles. The molecule has 130 valence electrons. The fourth-order valence-corrected chi connectivity index (χ4v) is 3.10. The van der Waals surface area contributed by atoms with Crippen molar-refractivity contribution < 1.29 is 14.3 Å². The predicted octanol–water partition coefficient (Wildman–Crippen LogP) is 2.10. The maximum atomic E-state index is 12.5. The fraction of sp³-hybridized carbons (Fsp3) is 0.368. The van der Waals surface area contributed by atoms with E-state index in [9.17, 15) is 4.79 Å². The second kappa shape index (κ2) is 7.11. The third kappa shape index (κ3) is 3.58. The molecule has 3 heterocycles. The van der Waals surface area contributed by atoms with Gasteiger partial charge < -0.3 is 19.7 Å². The van der Waals surface area contributed by atoms with Crippen LogP contribution in [0.15, 0.2) is 36.4 Å². The number of amides is 1. The molecular formula is C19H21N3O3. The lowest BCUT2D eigenvalue weighted by Gasteiger charge is -2.27. The molecule has 0 aliphatic carbocycles. The molecule has 1 saturated heterocycles. The Morgan fingerprint density at radius 1 is 1.24 bits per heavy atom. The minimum Gasteiger partial charge on any atom is -0.487 e. The van der Waals surface area contributed by atoms with Gasteiger partial charge in [0.2, 0.25) is 0 Å². The third-order valence-corrected chi connectivity index (χ3v) is 4.49. The molecule has 0 atom stereocenters.